The molecule has 0 amide bonds. The van der Waals surface area contributed by atoms with E-state index in [1.165, 1.54) is 115 Å². The molecule has 0 aliphatic carbocycles. The van der Waals surface area contributed by atoms with Crippen molar-refractivity contribution in [1.29, 1.82) is 0 Å². The lowest BCUT2D eigenvalue weighted by molar-refractivity contribution is 0.589. The largest absolute Gasteiger partial charge is 0.468 e. The van der Waals surface area contributed by atoms with Crippen LogP contribution in [0, 0.1) is 0 Å². The van der Waals surface area contributed by atoms with E-state index in [9.17, 15) is 0 Å². The highest BCUT2D eigenvalue weighted by molar-refractivity contribution is 7.00. The number of rotatable bonds is 8. The second-order valence-electron chi connectivity index (χ2n) is 31.5. The summed E-state index contributed by atoms with van der Waals surface area (Å²) in [4.78, 5) is 2.63. The first-order valence-electron chi connectivity index (χ1n) is 36.2. The monoisotopic (exact) mass is 1310 g/mol. The topological polar surface area (TPSA) is 21.3 Å². The van der Waals surface area contributed by atoms with E-state index < -0.39 is 0 Å². The van der Waals surface area contributed by atoms with Crippen LogP contribution in [0.5, 0.6) is 0 Å². The predicted molar refractivity (Wildman–Crippen MR) is 437 cm³/mol. The summed E-state index contributed by atoms with van der Waals surface area (Å²) in [7, 11) is 0. The molecule has 19 rings (SSSR count). The fraction of sp³-hybridized carbons (Fsp3) is 0.122. The van der Waals surface area contributed by atoms with Gasteiger partial charge in [-0.05, 0) is 209 Å². The third kappa shape index (κ3) is 9.63. The molecule has 4 heteroatoms. The number of anilines is 3. The molecule has 0 radical (unpaired) electrons. The highest BCUT2D eigenvalue weighted by Gasteiger charge is 2.47. The SMILES string of the molecule is CC(C)(C)c1ccc(-c2cc(N3c4cc(-c5c(-c6ccccc6)cc(-c6ccccc6)cc5-c5ccccc5)cc5c4B(c4oc6ccc(C(C)(C)C)cc6c43)c3cc4c6ccccc6c6ccccc6c4c4c6cc(-c7ccccc7-c7ccccc7)ccc6n-5c34)ccc2C(C)(C)C)cc1. The number of hydrogen-bond acceptors (Lipinski definition) is 2. The van der Waals surface area contributed by atoms with Gasteiger partial charge in [-0.2, -0.15) is 0 Å². The van der Waals surface area contributed by atoms with Crippen molar-refractivity contribution in [3.05, 3.63) is 320 Å². The number of aromatic nitrogens is 1. The summed E-state index contributed by atoms with van der Waals surface area (Å²) in [6.07, 6.45) is 0. The summed E-state index contributed by atoms with van der Waals surface area (Å²) in [5.74, 6) is 0. The van der Waals surface area contributed by atoms with Crippen LogP contribution in [-0.4, -0.2) is 11.3 Å². The van der Waals surface area contributed by atoms with Gasteiger partial charge >= 0.3 is 0 Å². The lowest BCUT2D eigenvalue weighted by Crippen LogP contribution is -2.60. The van der Waals surface area contributed by atoms with Crippen molar-refractivity contribution in [2.75, 3.05) is 4.90 Å². The zero-order valence-corrected chi connectivity index (χ0v) is 59.2. The molecule has 0 saturated carbocycles. The molecule has 0 fully saturated rings. The summed E-state index contributed by atoms with van der Waals surface area (Å²) in [5.41, 5.74) is 30.8. The van der Waals surface area contributed by atoms with Crippen LogP contribution in [0.15, 0.2) is 308 Å². The van der Waals surface area contributed by atoms with E-state index >= 15 is 0 Å². The average Bonchev–Trinajstić information content (AvgIpc) is 1.43. The number of furan rings is 1. The number of fused-ring (bicyclic) bond motifs is 16. The van der Waals surface area contributed by atoms with E-state index in [-0.39, 0.29) is 23.0 Å². The Balaban J connectivity index is 1.02. The molecule has 17 aromatic rings. The Morgan fingerprint density at radius 2 is 0.824 bits per heavy atom. The van der Waals surface area contributed by atoms with Gasteiger partial charge in [-0.3, -0.25) is 0 Å². The van der Waals surface area contributed by atoms with Gasteiger partial charge in [0, 0.05) is 38.6 Å². The third-order valence-corrected chi connectivity index (χ3v) is 22.2. The molecule has 2 aromatic heterocycles. The van der Waals surface area contributed by atoms with Gasteiger partial charge < -0.3 is 13.9 Å². The van der Waals surface area contributed by atoms with Crippen LogP contribution in [0.2, 0.25) is 0 Å². The molecule has 15 aromatic carbocycles. The zero-order chi connectivity index (χ0) is 69.1. The molecule has 4 heterocycles. The smallest absolute Gasteiger partial charge is 0.297 e. The molecule has 0 atom stereocenters. The van der Waals surface area contributed by atoms with Gasteiger partial charge in [-0.25, -0.2) is 0 Å². The van der Waals surface area contributed by atoms with Crippen LogP contribution >= 0.6 is 0 Å². The van der Waals surface area contributed by atoms with Gasteiger partial charge in [0.2, 0.25) is 0 Å². The molecule has 0 N–H and O–H groups in total. The maximum absolute atomic E-state index is 7.89. The van der Waals surface area contributed by atoms with Crippen molar-refractivity contribution in [3.63, 3.8) is 0 Å². The molecule has 0 saturated heterocycles. The fourth-order valence-corrected chi connectivity index (χ4v) is 17.3. The average molecular weight is 1310 g/mol. The molecular formula is C98H77BN2O. The van der Waals surface area contributed by atoms with E-state index in [2.05, 4.69) is 375 Å². The van der Waals surface area contributed by atoms with Crippen molar-refractivity contribution >= 4 is 105 Å². The van der Waals surface area contributed by atoms with Crippen LogP contribution in [0.25, 0.3) is 149 Å². The molecule has 3 nitrogen and oxygen atoms in total. The van der Waals surface area contributed by atoms with Gasteiger partial charge in [0.15, 0.2) is 0 Å². The zero-order valence-electron chi connectivity index (χ0n) is 59.2. The highest BCUT2D eigenvalue weighted by atomic mass is 16.3. The predicted octanol–water partition coefficient (Wildman–Crippen LogP) is 25.2. The van der Waals surface area contributed by atoms with Crippen LogP contribution in [-0.2, 0) is 16.2 Å². The molecule has 0 unspecified atom stereocenters. The van der Waals surface area contributed by atoms with Gasteiger partial charge in [0.1, 0.15) is 5.58 Å². The summed E-state index contributed by atoms with van der Waals surface area (Å²) >= 11 is 0. The summed E-state index contributed by atoms with van der Waals surface area (Å²) in [5, 5.41) is 11.0. The van der Waals surface area contributed by atoms with Crippen LogP contribution < -0.4 is 21.5 Å². The van der Waals surface area contributed by atoms with Gasteiger partial charge in [-0.15, -0.1) is 0 Å². The molecular weight excluding hydrogens is 1230 g/mol. The maximum Gasteiger partial charge on any atom is 0.297 e. The Hall–Kier alpha value is -11.7. The van der Waals surface area contributed by atoms with Crippen molar-refractivity contribution < 1.29 is 4.42 Å². The number of benzene rings is 15. The van der Waals surface area contributed by atoms with Crippen LogP contribution in [0.4, 0.5) is 17.1 Å². The van der Waals surface area contributed by atoms with E-state index in [0.717, 1.165) is 83.8 Å². The minimum Gasteiger partial charge on any atom is -0.468 e. The minimum absolute atomic E-state index is 0.00650. The van der Waals surface area contributed by atoms with E-state index in [1.54, 1.807) is 0 Å². The molecule has 2 aliphatic rings. The first kappa shape index (κ1) is 61.4. The lowest BCUT2D eigenvalue weighted by atomic mass is 9.35. The van der Waals surface area contributed by atoms with Crippen molar-refractivity contribution in [1.82, 2.24) is 4.57 Å². The molecule has 488 valence electrons. The van der Waals surface area contributed by atoms with Crippen LogP contribution in [0.3, 0.4) is 0 Å². The van der Waals surface area contributed by atoms with Gasteiger partial charge in [0.25, 0.3) is 6.71 Å². The second-order valence-corrected chi connectivity index (χ2v) is 31.5. The van der Waals surface area contributed by atoms with E-state index in [0.29, 0.717) is 0 Å². The normalized spacial score (nSPS) is 12.9. The molecule has 0 bridgehead atoms. The first-order valence-corrected chi connectivity index (χ1v) is 36.2. The maximum atomic E-state index is 7.89. The van der Waals surface area contributed by atoms with Crippen molar-refractivity contribution in [2.45, 2.75) is 78.6 Å². The molecule has 2 aliphatic heterocycles. The van der Waals surface area contributed by atoms with Gasteiger partial charge in [-0.1, -0.05) is 305 Å². The molecule has 0 spiro atoms. The van der Waals surface area contributed by atoms with Crippen LogP contribution in [0.1, 0.15) is 79.0 Å². The molecule has 102 heavy (non-hydrogen) atoms. The fourth-order valence-electron chi connectivity index (χ4n) is 17.3. The Labute approximate surface area is 597 Å². The van der Waals surface area contributed by atoms with Crippen molar-refractivity contribution in [2.24, 2.45) is 0 Å². The minimum atomic E-state index is -0.353. The summed E-state index contributed by atoms with van der Waals surface area (Å²) < 4.78 is 10.6. The lowest BCUT2D eigenvalue weighted by Gasteiger charge is -2.39. The van der Waals surface area contributed by atoms with Crippen molar-refractivity contribution in [3.8, 4) is 83.6 Å². The summed E-state index contributed by atoms with van der Waals surface area (Å²) in [6.45, 7) is 20.6. The van der Waals surface area contributed by atoms with E-state index in [1.807, 2.05) is 0 Å². The first-order chi connectivity index (χ1) is 49.5. The number of hydrogen-bond donors (Lipinski definition) is 0. The highest BCUT2D eigenvalue weighted by Crippen LogP contribution is 2.53. The standard InChI is InChI=1S/C98H77BN2O/c1-96(2,3)68-45-42-64(43-46-68)77-58-70(48-49-83(77)98(7,8)9)100-86-55-67(89-78(62-32-18-12-19-33-62)53-66(60-28-14-10-15-29-60)54-79(89)63-34-20-13-21-35-63)56-87-92(86)99(95-93(100)82-57-69(97(4,5)6)47-51-88(82)102-95)84-59-80-75-40-25-24-38-73(75)74-39-26-27-41-76(74)90(80)91-81-52-65(44-50-85(81)101(87)94(84)91)72-37-23-22-36-71(72)61-30-16-11-17-31-61/h10-59H,1-9H3. The van der Waals surface area contributed by atoms with E-state index in [4.69, 9.17) is 4.42 Å². The van der Waals surface area contributed by atoms with Gasteiger partial charge in [0.05, 0.1) is 22.4 Å². The Morgan fingerprint density at radius 1 is 0.314 bits per heavy atom. The Kier molecular flexibility index (Phi) is 13.8. The second kappa shape index (κ2) is 22.9. The Bertz CT molecular complexity index is 6220. The summed E-state index contributed by atoms with van der Waals surface area (Å²) in [6, 6.07) is 115. The number of nitrogens with zero attached hydrogens (tertiary/aromatic N) is 2. The Morgan fingerprint density at radius 3 is 1.43 bits per heavy atom. The third-order valence-electron chi connectivity index (χ3n) is 22.2. The quantitative estimate of drug-likeness (QED) is 0.112.